The van der Waals surface area contributed by atoms with Crippen LogP contribution in [0, 0.1) is 0 Å². The van der Waals surface area contributed by atoms with E-state index in [0.717, 1.165) is 0 Å². The van der Waals surface area contributed by atoms with Crippen LogP contribution in [0.4, 0.5) is 0 Å². The molecule has 0 saturated heterocycles. The smallest absolute Gasteiger partial charge is 0.211 e. The van der Waals surface area contributed by atoms with Gasteiger partial charge in [-0.3, -0.25) is 0 Å². The lowest BCUT2D eigenvalue weighted by atomic mass is 10.2. The van der Waals surface area contributed by atoms with Gasteiger partial charge in [0.25, 0.3) is 0 Å². The normalized spacial score (nSPS) is 14.9. The van der Waals surface area contributed by atoms with Gasteiger partial charge in [0.15, 0.2) is 0 Å². The maximum Gasteiger partial charge on any atom is 0.211 e. The summed E-state index contributed by atoms with van der Waals surface area (Å²) in [4.78, 5) is 0. The lowest BCUT2D eigenvalue weighted by Crippen LogP contribution is -2.25. The molecule has 0 fully saturated rings. The molecule has 0 aromatic carbocycles. The highest BCUT2D eigenvalue weighted by molar-refractivity contribution is 7.89. The zero-order valence-corrected chi connectivity index (χ0v) is 8.17. The number of allylic oxidation sites excluding steroid dienone is 1. The van der Waals surface area contributed by atoms with E-state index < -0.39 is 15.3 Å². The summed E-state index contributed by atoms with van der Waals surface area (Å²) >= 11 is 0. The van der Waals surface area contributed by atoms with Crippen LogP contribution in [-0.4, -0.2) is 20.8 Å². The minimum atomic E-state index is -3.36. The Bertz CT molecular complexity index is 233. The van der Waals surface area contributed by atoms with Gasteiger partial charge in [-0.05, 0) is 25.8 Å². The summed E-state index contributed by atoms with van der Waals surface area (Å²) in [6.45, 7) is 1.59. The van der Waals surface area contributed by atoms with Crippen LogP contribution in [0.25, 0.3) is 0 Å². The van der Waals surface area contributed by atoms with Crippen LogP contribution in [-0.2, 0) is 14.8 Å². The number of methoxy groups -OCH3 is 1. The molecule has 4 nitrogen and oxygen atoms in total. The number of nitrogens with two attached hydrogens (primary N) is 1. The van der Waals surface area contributed by atoms with E-state index in [2.05, 4.69) is 4.74 Å². The Hall–Kier alpha value is -0.550. The fourth-order valence-corrected chi connectivity index (χ4v) is 1.12. The highest BCUT2D eigenvalue weighted by Crippen LogP contribution is 2.04. The topological polar surface area (TPSA) is 69.4 Å². The first kappa shape index (κ1) is 11.4. The van der Waals surface area contributed by atoms with Gasteiger partial charge in [-0.1, -0.05) is 0 Å². The maximum atomic E-state index is 10.7. The second kappa shape index (κ2) is 5.16. The van der Waals surface area contributed by atoms with Crippen LogP contribution in [0.15, 0.2) is 12.3 Å². The first-order chi connectivity index (χ1) is 5.48. The van der Waals surface area contributed by atoms with Gasteiger partial charge in [0.1, 0.15) is 0 Å². The van der Waals surface area contributed by atoms with Crippen molar-refractivity contribution < 1.29 is 13.2 Å². The number of rotatable bonds is 5. The lowest BCUT2D eigenvalue weighted by Gasteiger charge is -2.05. The Morgan fingerprint density at radius 1 is 1.58 bits per heavy atom. The van der Waals surface area contributed by atoms with Gasteiger partial charge in [-0.25, -0.2) is 13.6 Å². The molecule has 5 heteroatoms. The molecular formula is C7H15NO3S. The van der Waals surface area contributed by atoms with E-state index in [9.17, 15) is 8.42 Å². The second-order valence-corrected chi connectivity index (χ2v) is 4.57. The summed E-state index contributed by atoms with van der Waals surface area (Å²) < 4.78 is 26.1. The molecule has 0 bridgehead atoms. The molecule has 0 amide bonds. The van der Waals surface area contributed by atoms with Crippen molar-refractivity contribution in [2.75, 3.05) is 7.11 Å². The Balaban J connectivity index is 3.73. The number of hydrogen-bond donors (Lipinski definition) is 1. The molecule has 12 heavy (non-hydrogen) atoms. The molecule has 0 heterocycles. The zero-order chi connectivity index (χ0) is 9.61. The van der Waals surface area contributed by atoms with E-state index in [1.54, 1.807) is 20.1 Å². The van der Waals surface area contributed by atoms with Crippen molar-refractivity contribution in [2.45, 2.75) is 25.0 Å². The molecular weight excluding hydrogens is 178 g/mol. The second-order valence-electron chi connectivity index (χ2n) is 2.58. The molecule has 0 unspecified atom stereocenters. The summed E-state index contributed by atoms with van der Waals surface area (Å²) in [5.41, 5.74) is 0. The summed E-state index contributed by atoms with van der Waals surface area (Å²) in [7, 11) is -1.82. The highest BCUT2D eigenvalue weighted by atomic mass is 32.2. The molecule has 0 aliphatic heterocycles. The summed E-state index contributed by atoms with van der Waals surface area (Å²) in [5.74, 6) is 0. The van der Waals surface area contributed by atoms with Crippen LogP contribution in [0.5, 0.6) is 0 Å². The largest absolute Gasteiger partial charge is 0.505 e. The highest BCUT2D eigenvalue weighted by Gasteiger charge is 2.13. The third kappa shape index (κ3) is 5.15. The number of hydrogen-bond acceptors (Lipinski definition) is 3. The van der Waals surface area contributed by atoms with Gasteiger partial charge in [-0.2, -0.15) is 0 Å². The fraction of sp³-hybridized carbons (Fsp3) is 0.714. The predicted molar refractivity (Wildman–Crippen MR) is 48.0 cm³/mol. The van der Waals surface area contributed by atoms with E-state index in [1.807, 2.05) is 0 Å². The maximum absolute atomic E-state index is 10.7. The van der Waals surface area contributed by atoms with E-state index in [-0.39, 0.29) is 0 Å². The molecule has 0 saturated carbocycles. The molecule has 0 aliphatic carbocycles. The molecule has 0 radical (unpaired) electrons. The predicted octanol–water partition coefficient (Wildman–Crippen LogP) is 0.604. The SMILES string of the molecule is COC=CCC[C@@H](C)S(N)(=O)=O. The van der Waals surface area contributed by atoms with E-state index in [0.29, 0.717) is 12.8 Å². The summed E-state index contributed by atoms with van der Waals surface area (Å²) in [5, 5.41) is 4.42. The van der Waals surface area contributed by atoms with E-state index in [1.165, 1.54) is 6.26 Å². The van der Waals surface area contributed by atoms with Crippen molar-refractivity contribution in [3.63, 3.8) is 0 Å². The monoisotopic (exact) mass is 193 g/mol. The van der Waals surface area contributed by atoms with Gasteiger partial charge in [-0.15, -0.1) is 0 Å². The minimum Gasteiger partial charge on any atom is -0.505 e. The first-order valence-corrected chi connectivity index (χ1v) is 5.29. The molecule has 2 N–H and O–H groups in total. The van der Waals surface area contributed by atoms with Crippen LogP contribution in [0.1, 0.15) is 19.8 Å². The molecule has 0 rings (SSSR count). The molecule has 0 aromatic rings. The third-order valence-electron chi connectivity index (χ3n) is 1.53. The number of ether oxygens (including phenoxy) is 1. The Morgan fingerprint density at radius 2 is 2.17 bits per heavy atom. The quantitative estimate of drug-likeness (QED) is 0.650. The van der Waals surface area contributed by atoms with Gasteiger partial charge in [0.2, 0.25) is 10.0 Å². The van der Waals surface area contributed by atoms with Crippen LogP contribution >= 0.6 is 0 Å². The number of sulfonamides is 1. The van der Waals surface area contributed by atoms with Gasteiger partial charge < -0.3 is 4.74 Å². The van der Waals surface area contributed by atoms with Crippen molar-refractivity contribution in [3.05, 3.63) is 12.3 Å². The average molecular weight is 193 g/mol. The standard InChI is InChI=1S/C7H15NO3S/c1-7(12(8,9)10)5-3-4-6-11-2/h4,6-7H,3,5H2,1-2H3,(H2,8,9,10)/t7-/m1/s1. The lowest BCUT2D eigenvalue weighted by molar-refractivity contribution is 0.336. The Kier molecular flexibility index (Phi) is 4.92. The summed E-state index contributed by atoms with van der Waals surface area (Å²) in [6, 6.07) is 0. The van der Waals surface area contributed by atoms with Gasteiger partial charge in [0, 0.05) is 0 Å². The van der Waals surface area contributed by atoms with Crippen LogP contribution in [0.2, 0.25) is 0 Å². The van der Waals surface area contributed by atoms with E-state index in [4.69, 9.17) is 5.14 Å². The molecule has 1 atom stereocenters. The minimum absolute atomic E-state index is 0.487. The van der Waals surface area contributed by atoms with Crippen LogP contribution in [0.3, 0.4) is 0 Å². The van der Waals surface area contributed by atoms with Crippen molar-refractivity contribution in [1.29, 1.82) is 0 Å². The Labute approximate surface area is 73.5 Å². The molecule has 72 valence electrons. The first-order valence-electron chi connectivity index (χ1n) is 3.68. The van der Waals surface area contributed by atoms with Crippen LogP contribution < -0.4 is 5.14 Å². The van der Waals surface area contributed by atoms with Crippen molar-refractivity contribution in [3.8, 4) is 0 Å². The van der Waals surface area contributed by atoms with Crippen molar-refractivity contribution in [1.82, 2.24) is 0 Å². The average Bonchev–Trinajstić information content (AvgIpc) is 1.96. The molecule has 0 spiro atoms. The zero-order valence-electron chi connectivity index (χ0n) is 7.36. The molecule has 0 aliphatic rings. The molecule has 0 aromatic heterocycles. The third-order valence-corrected chi connectivity index (χ3v) is 2.89. The van der Waals surface area contributed by atoms with Crippen molar-refractivity contribution >= 4 is 10.0 Å². The number of primary sulfonamides is 1. The van der Waals surface area contributed by atoms with Crippen molar-refractivity contribution in [2.24, 2.45) is 5.14 Å². The summed E-state index contributed by atoms with van der Waals surface area (Å²) in [6.07, 6.45) is 4.47. The van der Waals surface area contributed by atoms with Gasteiger partial charge >= 0.3 is 0 Å². The fourth-order valence-electron chi connectivity index (χ4n) is 0.659. The Morgan fingerprint density at radius 3 is 2.58 bits per heavy atom. The van der Waals surface area contributed by atoms with E-state index >= 15 is 0 Å². The van der Waals surface area contributed by atoms with Gasteiger partial charge in [0.05, 0.1) is 18.6 Å².